The predicted octanol–water partition coefficient (Wildman–Crippen LogP) is 2.71. The molecule has 0 fully saturated rings. The smallest absolute Gasteiger partial charge is 0.205 e. The summed E-state index contributed by atoms with van der Waals surface area (Å²) in [6.07, 6.45) is 5.62. The molecule has 4 heteroatoms. The number of nitrogens with zero attached hydrogens (tertiary/aromatic N) is 2. The van der Waals surface area contributed by atoms with Gasteiger partial charge in [-0.3, -0.25) is 9.48 Å². The van der Waals surface area contributed by atoms with Crippen LogP contribution in [0.1, 0.15) is 30.8 Å². The standard InChI is InChI=1S/C10H13ClN2O/c1-3-5-9(14)10-8(11)7-12-13(10)6-4-2/h3,5,7H,4,6H2,1-2H3/b5-3+. The Balaban J connectivity index is 3.04. The van der Waals surface area contributed by atoms with Crippen molar-refractivity contribution in [3.63, 3.8) is 0 Å². The molecule has 0 atom stereocenters. The zero-order valence-electron chi connectivity index (χ0n) is 8.33. The average Bonchev–Trinajstić information content (AvgIpc) is 2.48. The fraction of sp³-hybridized carbons (Fsp3) is 0.400. The summed E-state index contributed by atoms with van der Waals surface area (Å²) in [6, 6.07) is 0. The number of ketones is 1. The number of hydrogen-bond acceptors (Lipinski definition) is 2. The zero-order valence-corrected chi connectivity index (χ0v) is 9.08. The number of carbonyl (C=O) groups is 1. The van der Waals surface area contributed by atoms with E-state index < -0.39 is 0 Å². The summed E-state index contributed by atoms with van der Waals surface area (Å²) in [5.41, 5.74) is 0.478. The van der Waals surface area contributed by atoms with Crippen molar-refractivity contribution in [1.82, 2.24) is 9.78 Å². The molecule has 14 heavy (non-hydrogen) atoms. The summed E-state index contributed by atoms with van der Waals surface area (Å²) in [5, 5.41) is 4.46. The maximum absolute atomic E-state index is 11.6. The normalized spacial score (nSPS) is 11.1. The fourth-order valence-electron chi connectivity index (χ4n) is 1.22. The molecule has 0 bridgehead atoms. The first-order valence-electron chi connectivity index (χ1n) is 4.59. The zero-order chi connectivity index (χ0) is 10.6. The number of carbonyl (C=O) groups excluding carboxylic acids is 1. The minimum Gasteiger partial charge on any atom is -0.288 e. The Morgan fingerprint density at radius 2 is 2.43 bits per heavy atom. The molecule has 0 saturated heterocycles. The van der Waals surface area contributed by atoms with Gasteiger partial charge in [0.1, 0.15) is 5.69 Å². The van der Waals surface area contributed by atoms with Crippen LogP contribution in [-0.4, -0.2) is 15.6 Å². The maximum atomic E-state index is 11.6. The van der Waals surface area contributed by atoms with Crippen molar-refractivity contribution in [2.45, 2.75) is 26.8 Å². The van der Waals surface area contributed by atoms with E-state index in [1.165, 1.54) is 12.3 Å². The van der Waals surface area contributed by atoms with Gasteiger partial charge in [0.2, 0.25) is 5.78 Å². The van der Waals surface area contributed by atoms with Gasteiger partial charge in [0, 0.05) is 6.54 Å². The van der Waals surface area contributed by atoms with E-state index in [9.17, 15) is 4.79 Å². The quantitative estimate of drug-likeness (QED) is 0.568. The lowest BCUT2D eigenvalue weighted by Crippen LogP contribution is -2.09. The van der Waals surface area contributed by atoms with Crippen LogP contribution in [0.25, 0.3) is 0 Å². The first kappa shape index (κ1) is 11.0. The molecule has 1 aromatic rings. The molecular formula is C10H13ClN2O. The molecule has 0 spiro atoms. The topological polar surface area (TPSA) is 34.9 Å². The van der Waals surface area contributed by atoms with E-state index >= 15 is 0 Å². The van der Waals surface area contributed by atoms with Crippen molar-refractivity contribution < 1.29 is 4.79 Å². The van der Waals surface area contributed by atoms with Crippen LogP contribution >= 0.6 is 11.6 Å². The van der Waals surface area contributed by atoms with E-state index in [4.69, 9.17) is 11.6 Å². The molecule has 76 valence electrons. The lowest BCUT2D eigenvalue weighted by molar-refractivity contribution is 0.103. The van der Waals surface area contributed by atoms with Gasteiger partial charge in [-0.15, -0.1) is 0 Å². The van der Waals surface area contributed by atoms with Crippen LogP contribution in [0, 0.1) is 0 Å². The van der Waals surface area contributed by atoms with Crippen molar-refractivity contribution in [3.8, 4) is 0 Å². The first-order chi connectivity index (χ1) is 6.70. The van der Waals surface area contributed by atoms with Gasteiger partial charge in [-0.05, 0) is 19.4 Å². The molecule has 0 unspecified atom stereocenters. The summed E-state index contributed by atoms with van der Waals surface area (Å²) >= 11 is 5.87. The lowest BCUT2D eigenvalue weighted by atomic mass is 10.2. The molecule has 0 amide bonds. The van der Waals surface area contributed by atoms with E-state index in [1.54, 1.807) is 17.7 Å². The second-order valence-electron chi connectivity index (χ2n) is 2.93. The van der Waals surface area contributed by atoms with Gasteiger partial charge < -0.3 is 0 Å². The molecule has 3 nitrogen and oxygen atoms in total. The third-order valence-corrected chi connectivity index (χ3v) is 2.06. The Bertz CT molecular complexity index is 355. The van der Waals surface area contributed by atoms with Gasteiger partial charge in [-0.1, -0.05) is 24.6 Å². The third kappa shape index (κ3) is 2.23. The first-order valence-corrected chi connectivity index (χ1v) is 4.96. The highest BCUT2D eigenvalue weighted by Gasteiger charge is 2.13. The van der Waals surface area contributed by atoms with E-state index in [2.05, 4.69) is 5.10 Å². The van der Waals surface area contributed by atoms with Gasteiger partial charge in [0.05, 0.1) is 11.2 Å². The molecule has 1 rings (SSSR count). The second-order valence-corrected chi connectivity index (χ2v) is 3.34. The summed E-state index contributed by atoms with van der Waals surface area (Å²) < 4.78 is 1.64. The Labute approximate surface area is 88.4 Å². The molecule has 1 heterocycles. The summed E-state index contributed by atoms with van der Waals surface area (Å²) in [7, 11) is 0. The van der Waals surface area contributed by atoms with Crippen molar-refractivity contribution in [2.75, 3.05) is 0 Å². The van der Waals surface area contributed by atoms with Crippen molar-refractivity contribution in [1.29, 1.82) is 0 Å². The van der Waals surface area contributed by atoms with Gasteiger partial charge in [0.15, 0.2) is 0 Å². The molecule has 0 aromatic carbocycles. The molecule has 1 aromatic heterocycles. The van der Waals surface area contributed by atoms with Gasteiger partial charge in [0.25, 0.3) is 0 Å². The van der Waals surface area contributed by atoms with Crippen LogP contribution < -0.4 is 0 Å². The van der Waals surface area contributed by atoms with Crippen molar-refractivity contribution in [3.05, 3.63) is 29.1 Å². The van der Waals surface area contributed by atoms with Gasteiger partial charge >= 0.3 is 0 Å². The predicted molar refractivity (Wildman–Crippen MR) is 56.7 cm³/mol. The number of hydrogen-bond donors (Lipinski definition) is 0. The largest absolute Gasteiger partial charge is 0.288 e. The highest BCUT2D eigenvalue weighted by Crippen LogP contribution is 2.16. The monoisotopic (exact) mass is 212 g/mol. The van der Waals surface area contributed by atoms with Crippen LogP contribution in [0.4, 0.5) is 0 Å². The summed E-state index contributed by atoms with van der Waals surface area (Å²) in [6.45, 7) is 4.54. The highest BCUT2D eigenvalue weighted by atomic mass is 35.5. The fourth-order valence-corrected chi connectivity index (χ4v) is 1.45. The second kappa shape index (κ2) is 4.96. The molecule has 0 aliphatic heterocycles. The average molecular weight is 213 g/mol. The number of rotatable bonds is 4. The van der Waals surface area contributed by atoms with Crippen LogP contribution in [0.2, 0.25) is 5.02 Å². The molecule has 0 aliphatic carbocycles. The van der Waals surface area contributed by atoms with Gasteiger partial charge in [-0.25, -0.2) is 0 Å². The van der Waals surface area contributed by atoms with E-state index in [1.807, 2.05) is 6.92 Å². The van der Waals surface area contributed by atoms with Crippen LogP contribution in [0.5, 0.6) is 0 Å². The maximum Gasteiger partial charge on any atom is 0.205 e. The molecule has 0 radical (unpaired) electrons. The Morgan fingerprint density at radius 3 is 3.00 bits per heavy atom. The van der Waals surface area contributed by atoms with Crippen molar-refractivity contribution >= 4 is 17.4 Å². The van der Waals surface area contributed by atoms with E-state index in [0.717, 1.165) is 6.42 Å². The number of allylic oxidation sites excluding steroid dienone is 2. The Hall–Kier alpha value is -1.09. The van der Waals surface area contributed by atoms with Crippen LogP contribution in [-0.2, 0) is 6.54 Å². The number of aromatic nitrogens is 2. The number of halogens is 1. The third-order valence-electron chi connectivity index (χ3n) is 1.78. The minimum absolute atomic E-state index is 0.0940. The van der Waals surface area contributed by atoms with Crippen LogP contribution in [0.15, 0.2) is 18.3 Å². The Kier molecular flexibility index (Phi) is 3.89. The van der Waals surface area contributed by atoms with Gasteiger partial charge in [-0.2, -0.15) is 5.10 Å². The molecular weight excluding hydrogens is 200 g/mol. The SMILES string of the molecule is C/C=C/C(=O)c1c(Cl)cnn1CCC. The Morgan fingerprint density at radius 1 is 1.71 bits per heavy atom. The van der Waals surface area contributed by atoms with E-state index in [0.29, 0.717) is 17.3 Å². The van der Waals surface area contributed by atoms with Crippen LogP contribution in [0.3, 0.4) is 0 Å². The molecule has 0 N–H and O–H groups in total. The summed E-state index contributed by atoms with van der Waals surface area (Å²) in [5.74, 6) is -0.0940. The van der Waals surface area contributed by atoms with E-state index in [-0.39, 0.29) is 5.78 Å². The molecule has 0 saturated carbocycles. The highest BCUT2D eigenvalue weighted by molar-refractivity contribution is 6.34. The summed E-state index contributed by atoms with van der Waals surface area (Å²) in [4.78, 5) is 11.6. The lowest BCUT2D eigenvalue weighted by Gasteiger charge is -2.02. The minimum atomic E-state index is -0.0940. The molecule has 0 aliphatic rings. The number of aryl methyl sites for hydroxylation is 1. The van der Waals surface area contributed by atoms with Crippen molar-refractivity contribution in [2.24, 2.45) is 0 Å².